The molecule has 0 aliphatic carbocycles. The molecule has 3 amide bonds. The highest BCUT2D eigenvalue weighted by atomic mass is 16.4. The standard InChI is InChI=1S/C13H23N3O4/c1-8(2)10(12(18)19)15-13(20)16-7-5-4-6-9(16)11(17)14-3/h8-10H,4-7H2,1-3H3,(H,14,17)(H,15,20)(H,18,19)/t9?,10-/m1/s1. The molecule has 0 aromatic carbocycles. The maximum atomic E-state index is 12.2. The number of hydrogen-bond acceptors (Lipinski definition) is 3. The van der Waals surface area contributed by atoms with Gasteiger partial charge in [-0.1, -0.05) is 13.8 Å². The summed E-state index contributed by atoms with van der Waals surface area (Å²) in [6.07, 6.45) is 2.31. The van der Waals surface area contributed by atoms with E-state index < -0.39 is 24.1 Å². The van der Waals surface area contributed by atoms with Gasteiger partial charge in [0.25, 0.3) is 0 Å². The highest BCUT2D eigenvalue weighted by molar-refractivity contribution is 5.89. The number of carbonyl (C=O) groups excluding carboxylic acids is 2. The Morgan fingerprint density at radius 2 is 1.90 bits per heavy atom. The van der Waals surface area contributed by atoms with Crippen molar-refractivity contribution >= 4 is 17.9 Å². The molecular formula is C13H23N3O4. The third-order valence-electron chi connectivity index (χ3n) is 3.52. The van der Waals surface area contributed by atoms with E-state index >= 15 is 0 Å². The number of carbonyl (C=O) groups is 3. The number of amides is 3. The fourth-order valence-electron chi connectivity index (χ4n) is 2.34. The molecule has 1 aliphatic heterocycles. The number of rotatable bonds is 4. The summed E-state index contributed by atoms with van der Waals surface area (Å²) in [5.74, 6) is -1.50. The minimum atomic E-state index is -1.07. The van der Waals surface area contributed by atoms with Crippen molar-refractivity contribution in [3.63, 3.8) is 0 Å². The van der Waals surface area contributed by atoms with Crippen molar-refractivity contribution in [1.29, 1.82) is 0 Å². The van der Waals surface area contributed by atoms with Gasteiger partial charge in [0.2, 0.25) is 5.91 Å². The van der Waals surface area contributed by atoms with E-state index in [9.17, 15) is 14.4 Å². The zero-order valence-electron chi connectivity index (χ0n) is 12.2. The second-order valence-corrected chi connectivity index (χ2v) is 5.33. The lowest BCUT2D eigenvalue weighted by molar-refractivity contribution is -0.140. The van der Waals surface area contributed by atoms with Crippen LogP contribution in [0.25, 0.3) is 0 Å². The van der Waals surface area contributed by atoms with Crippen LogP contribution in [-0.2, 0) is 9.59 Å². The number of hydrogen-bond donors (Lipinski definition) is 3. The topological polar surface area (TPSA) is 98.7 Å². The molecule has 1 aliphatic rings. The van der Waals surface area contributed by atoms with Crippen LogP contribution in [-0.4, -0.2) is 53.6 Å². The zero-order chi connectivity index (χ0) is 15.3. The van der Waals surface area contributed by atoms with Gasteiger partial charge in [0.1, 0.15) is 12.1 Å². The summed E-state index contributed by atoms with van der Waals surface area (Å²) >= 11 is 0. The Hall–Kier alpha value is -1.79. The number of nitrogens with one attached hydrogen (secondary N) is 2. The molecule has 7 nitrogen and oxygen atoms in total. The van der Waals surface area contributed by atoms with Crippen LogP contribution >= 0.6 is 0 Å². The fourth-order valence-corrected chi connectivity index (χ4v) is 2.34. The van der Waals surface area contributed by atoms with Gasteiger partial charge in [0.15, 0.2) is 0 Å². The third kappa shape index (κ3) is 3.85. The SMILES string of the molecule is CNC(=O)C1CCCCN1C(=O)N[C@@H](C(=O)O)C(C)C. The number of urea groups is 1. The third-order valence-corrected chi connectivity index (χ3v) is 3.52. The average Bonchev–Trinajstić information content (AvgIpc) is 2.42. The monoisotopic (exact) mass is 285 g/mol. The molecule has 0 spiro atoms. The molecule has 0 radical (unpaired) electrons. The van der Waals surface area contributed by atoms with Gasteiger partial charge in [-0.05, 0) is 25.2 Å². The van der Waals surface area contributed by atoms with Crippen molar-refractivity contribution < 1.29 is 19.5 Å². The molecule has 3 N–H and O–H groups in total. The van der Waals surface area contributed by atoms with E-state index in [4.69, 9.17) is 5.11 Å². The molecule has 0 aromatic rings. The largest absolute Gasteiger partial charge is 0.480 e. The van der Waals surface area contributed by atoms with Crippen LogP contribution in [0, 0.1) is 5.92 Å². The highest BCUT2D eigenvalue weighted by Crippen LogP contribution is 2.17. The van der Waals surface area contributed by atoms with Crippen molar-refractivity contribution in [2.45, 2.75) is 45.2 Å². The Labute approximate surface area is 118 Å². The number of nitrogens with zero attached hydrogens (tertiary/aromatic N) is 1. The minimum Gasteiger partial charge on any atom is -0.480 e. The van der Waals surface area contributed by atoms with Crippen LogP contribution in [0.5, 0.6) is 0 Å². The van der Waals surface area contributed by atoms with Crippen LogP contribution in [0.15, 0.2) is 0 Å². The predicted molar refractivity (Wildman–Crippen MR) is 73.2 cm³/mol. The van der Waals surface area contributed by atoms with Crippen molar-refractivity contribution in [3.8, 4) is 0 Å². The second-order valence-electron chi connectivity index (χ2n) is 5.33. The maximum absolute atomic E-state index is 12.2. The Bertz CT molecular complexity index is 384. The first-order valence-electron chi connectivity index (χ1n) is 6.90. The van der Waals surface area contributed by atoms with Crippen LogP contribution < -0.4 is 10.6 Å². The van der Waals surface area contributed by atoms with E-state index in [-0.39, 0.29) is 11.8 Å². The van der Waals surface area contributed by atoms with Gasteiger partial charge in [-0.25, -0.2) is 9.59 Å². The number of piperidine rings is 1. The average molecular weight is 285 g/mol. The quantitative estimate of drug-likeness (QED) is 0.696. The molecule has 114 valence electrons. The summed E-state index contributed by atoms with van der Waals surface area (Å²) in [6, 6.07) is -1.95. The van der Waals surface area contributed by atoms with E-state index in [0.717, 1.165) is 12.8 Å². The molecule has 0 saturated carbocycles. The Kier molecular flexibility index (Phi) is 5.79. The molecule has 1 saturated heterocycles. The molecule has 2 atom stereocenters. The number of carboxylic acid groups (broad SMARTS) is 1. The molecule has 1 rings (SSSR count). The van der Waals surface area contributed by atoms with Crippen molar-refractivity contribution in [2.24, 2.45) is 5.92 Å². The molecule has 0 bridgehead atoms. The van der Waals surface area contributed by atoms with Gasteiger partial charge in [0.05, 0.1) is 0 Å². The molecule has 1 heterocycles. The van der Waals surface area contributed by atoms with E-state index in [1.807, 2.05) is 0 Å². The van der Waals surface area contributed by atoms with Crippen LogP contribution in [0.1, 0.15) is 33.1 Å². The van der Waals surface area contributed by atoms with Gasteiger partial charge in [0, 0.05) is 13.6 Å². The molecule has 1 fully saturated rings. The second kappa shape index (κ2) is 7.12. The van der Waals surface area contributed by atoms with E-state index in [1.165, 1.54) is 11.9 Å². The Balaban J connectivity index is 2.77. The van der Waals surface area contributed by atoms with Gasteiger partial charge in [-0.2, -0.15) is 0 Å². The summed E-state index contributed by atoms with van der Waals surface area (Å²) in [6.45, 7) is 3.92. The first kappa shape index (κ1) is 16.3. The molecular weight excluding hydrogens is 262 g/mol. The molecule has 20 heavy (non-hydrogen) atoms. The van der Waals surface area contributed by atoms with Gasteiger partial charge in [-0.3, -0.25) is 4.79 Å². The number of aliphatic carboxylic acids is 1. The van der Waals surface area contributed by atoms with E-state index in [0.29, 0.717) is 13.0 Å². The smallest absolute Gasteiger partial charge is 0.326 e. The summed E-state index contributed by atoms with van der Waals surface area (Å²) < 4.78 is 0. The predicted octanol–water partition coefficient (Wildman–Crippen LogP) is 0.406. The van der Waals surface area contributed by atoms with Crippen molar-refractivity contribution in [2.75, 3.05) is 13.6 Å². The number of likely N-dealkylation sites (N-methyl/N-ethyl adjacent to an activating group) is 1. The lowest BCUT2D eigenvalue weighted by Crippen LogP contribution is -2.57. The van der Waals surface area contributed by atoms with Gasteiger partial charge >= 0.3 is 12.0 Å². The Morgan fingerprint density at radius 1 is 1.25 bits per heavy atom. The summed E-state index contributed by atoms with van der Waals surface area (Å²) in [5, 5.41) is 14.1. The van der Waals surface area contributed by atoms with Gasteiger partial charge in [-0.15, -0.1) is 0 Å². The molecule has 1 unspecified atom stereocenters. The normalized spacial score (nSPS) is 20.4. The molecule has 7 heteroatoms. The Morgan fingerprint density at radius 3 is 2.40 bits per heavy atom. The summed E-state index contributed by atoms with van der Waals surface area (Å²) in [4.78, 5) is 36.6. The number of carboxylic acids is 1. The zero-order valence-corrected chi connectivity index (χ0v) is 12.2. The maximum Gasteiger partial charge on any atom is 0.326 e. The number of likely N-dealkylation sites (tertiary alicyclic amines) is 1. The first-order chi connectivity index (χ1) is 9.38. The summed E-state index contributed by atoms with van der Waals surface area (Å²) in [7, 11) is 1.53. The van der Waals surface area contributed by atoms with Crippen LogP contribution in [0.2, 0.25) is 0 Å². The van der Waals surface area contributed by atoms with Crippen molar-refractivity contribution in [3.05, 3.63) is 0 Å². The fraction of sp³-hybridized carbons (Fsp3) is 0.769. The van der Waals surface area contributed by atoms with Crippen molar-refractivity contribution in [1.82, 2.24) is 15.5 Å². The van der Waals surface area contributed by atoms with Gasteiger partial charge < -0.3 is 20.6 Å². The van der Waals surface area contributed by atoms with Crippen LogP contribution in [0.3, 0.4) is 0 Å². The van der Waals surface area contributed by atoms with E-state index in [2.05, 4.69) is 10.6 Å². The highest BCUT2D eigenvalue weighted by Gasteiger charge is 2.34. The first-order valence-corrected chi connectivity index (χ1v) is 6.90. The van der Waals surface area contributed by atoms with E-state index in [1.54, 1.807) is 13.8 Å². The van der Waals surface area contributed by atoms with Crippen LogP contribution in [0.4, 0.5) is 4.79 Å². The lowest BCUT2D eigenvalue weighted by atomic mass is 10.0. The minimum absolute atomic E-state index is 0.212. The summed E-state index contributed by atoms with van der Waals surface area (Å²) in [5.41, 5.74) is 0. The molecule has 0 aromatic heterocycles. The lowest BCUT2D eigenvalue weighted by Gasteiger charge is -2.35.